The zero-order chi connectivity index (χ0) is 54.1. The fraction of sp³-hybridized carbons (Fsp3) is 0.887. The molecular formula is C62H117O11P. The number of phosphoric acid groups is 1. The molecule has 0 amide bonds. The molecule has 0 aliphatic heterocycles. The average Bonchev–Trinajstić information content (AvgIpc) is 3.39. The molecule has 436 valence electrons. The number of carbonyl (C=O) groups is 3. The molecule has 3 atom stereocenters. The van der Waals surface area contributed by atoms with E-state index in [9.17, 15) is 28.9 Å². The number of hydrogen-bond donors (Lipinski definition) is 2. The van der Waals surface area contributed by atoms with E-state index in [1.54, 1.807) is 0 Å². The van der Waals surface area contributed by atoms with Gasteiger partial charge in [-0.05, 0) is 51.4 Å². The lowest BCUT2D eigenvalue weighted by Crippen LogP contribution is -2.30. The summed E-state index contributed by atoms with van der Waals surface area (Å²) < 4.78 is 39.6. The highest BCUT2D eigenvalue weighted by Crippen LogP contribution is 2.43. The number of hydrogen-bond acceptors (Lipinski definition) is 10. The molecule has 0 spiro atoms. The van der Waals surface area contributed by atoms with Gasteiger partial charge in [-0.2, -0.15) is 0 Å². The largest absolute Gasteiger partial charge is 0.472 e. The Morgan fingerprint density at radius 2 is 0.662 bits per heavy atom. The van der Waals surface area contributed by atoms with Gasteiger partial charge in [-0.25, -0.2) is 4.57 Å². The van der Waals surface area contributed by atoms with Crippen LogP contribution in [-0.4, -0.2) is 66.5 Å². The summed E-state index contributed by atoms with van der Waals surface area (Å²) in [5.74, 6) is -1.44. The van der Waals surface area contributed by atoms with E-state index < -0.39 is 57.8 Å². The number of aliphatic hydroxyl groups is 1. The first-order valence-electron chi connectivity index (χ1n) is 31.2. The molecule has 0 aromatic heterocycles. The summed E-state index contributed by atoms with van der Waals surface area (Å²) in [6.45, 7) is 4.68. The summed E-state index contributed by atoms with van der Waals surface area (Å²) >= 11 is 0. The predicted octanol–water partition coefficient (Wildman–Crippen LogP) is 18.6. The minimum absolute atomic E-state index is 0.169. The van der Waals surface area contributed by atoms with Crippen LogP contribution in [0, 0.1) is 0 Å². The summed E-state index contributed by atoms with van der Waals surface area (Å²) in [5.41, 5.74) is 0. The molecule has 0 heterocycles. The second-order valence-corrected chi connectivity index (χ2v) is 22.7. The van der Waals surface area contributed by atoms with Crippen LogP contribution in [0.15, 0.2) is 24.3 Å². The second-order valence-electron chi connectivity index (χ2n) is 21.2. The van der Waals surface area contributed by atoms with E-state index in [4.69, 9.17) is 23.3 Å². The lowest BCUT2D eigenvalue weighted by molar-refractivity contribution is -0.161. The van der Waals surface area contributed by atoms with E-state index in [2.05, 4.69) is 45.1 Å². The molecule has 0 aliphatic carbocycles. The van der Waals surface area contributed by atoms with Crippen LogP contribution in [-0.2, 0) is 42.2 Å². The van der Waals surface area contributed by atoms with Crippen molar-refractivity contribution >= 4 is 25.7 Å². The van der Waals surface area contributed by atoms with Crippen molar-refractivity contribution in [2.75, 3.05) is 26.4 Å². The van der Waals surface area contributed by atoms with Gasteiger partial charge in [-0.15, -0.1) is 0 Å². The summed E-state index contributed by atoms with van der Waals surface area (Å²) in [7, 11) is -4.74. The number of unbranched alkanes of at least 4 members (excludes halogenated alkanes) is 38. The Morgan fingerprint density at radius 1 is 0.378 bits per heavy atom. The van der Waals surface area contributed by atoms with Crippen LogP contribution in [0.5, 0.6) is 0 Å². The first-order valence-corrected chi connectivity index (χ1v) is 32.7. The monoisotopic (exact) mass is 1070 g/mol. The third kappa shape index (κ3) is 54.7. The molecular weight excluding hydrogens is 952 g/mol. The third-order valence-corrected chi connectivity index (χ3v) is 14.8. The summed E-state index contributed by atoms with van der Waals surface area (Å²) in [6.07, 6.45) is 58.4. The summed E-state index contributed by atoms with van der Waals surface area (Å²) in [6, 6.07) is 0. The van der Waals surface area contributed by atoms with Crippen molar-refractivity contribution in [3.63, 3.8) is 0 Å². The van der Waals surface area contributed by atoms with E-state index in [0.29, 0.717) is 19.3 Å². The molecule has 0 radical (unpaired) electrons. The quantitative estimate of drug-likeness (QED) is 0.0197. The third-order valence-electron chi connectivity index (χ3n) is 13.9. The average molecular weight is 1070 g/mol. The molecule has 0 fully saturated rings. The van der Waals surface area contributed by atoms with Crippen molar-refractivity contribution in [1.82, 2.24) is 0 Å². The van der Waals surface area contributed by atoms with E-state index in [0.717, 1.165) is 70.6 Å². The van der Waals surface area contributed by atoms with Crippen LogP contribution in [0.25, 0.3) is 0 Å². The van der Waals surface area contributed by atoms with Crippen molar-refractivity contribution < 1.29 is 52.2 Å². The van der Waals surface area contributed by atoms with Gasteiger partial charge >= 0.3 is 25.7 Å². The van der Waals surface area contributed by atoms with Gasteiger partial charge in [-0.1, -0.05) is 270 Å². The van der Waals surface area contributed by atoms with Crippen LogP contribution in [0.1, 0.15) is 316 Å². The van der Waals surface area contributed by atoms with E-state index >= 15 is 0 Å². The molecule has 0 saturated carbocycles. The Bertz CT molecular complexity index is 1340. The maximum atomic E-state index is 12.9. The van der Waals surface area contributed by atoms with Crippen LogP contribution >= 0.6 is 7.82 Å². The van der Waals surface area contributed by atoms with Crippen molar-refractivity contribution in [1.29, 1.82) is 0 Å². The Morgan fingerprint density at radius 3 is 1.03 bits per heavy atom. The fourth-order valence-electron chi connectivity index (χ4n) is 9.10. The lowest BCUT2D eigenvalue weighted by Gasteiger charge is -2.21. The van der Waals surface area contributed by atoms with Gasteiger partial charge < -0.3 is 24.2 Å². The zero-order valence-corrected chi connectivity index (χ0v) is 49.2. The van der Waals surface area contributed by atoms with Crippen molar-refractivity contribution in [3.05, 3.63) is 24.3 Å². The molecule has 12 heteroatoms. The molecule has 11 nitrogen and oxygen atoms in total. The van der Waals surface area contributed by atoms with E-state index in [1.165, 1.54) is 186 Å². The molecule has 0 aromatic carbocycles. The predicted molar refractivity (Wildman–Crippen MR) is 307 cm³/mol. The number of ether oxygens (including phenoxy) is 3. The molecule has 0 aliphatic rings. The molecule has 0 saturated heterocycles. The number of phosphoric ester groups is 1. The topological polar surface area (TPSA) is 155 Å². The van der Waals surface area contributed by atoms with Gasteiger partial charge in [0.05, 0.1) is 19.8 Å². The maximum Gasteiger partial charge on any atom is 0.472 e. The Labute approximate surface area is 455 Å². The van der Waals surface area contributed by atoms with Crippen molar-refractivity contribution in [2.45, 2.75) is 328 Å². The number of esters is 3. The standard InChI is InChI=1S/C62H117O11P/c1-4-7-10-13-16-19-22-25-27-28-29-30-32-35-38-41-44-47-50-53-62(66)73-59(55-69-60(64)51-48-45-42-39-36-34-31-26-23-20-17-14-11-8-5-2)57-71-74(67,68)70-56-58(54-63)72-61(65)52-49-46-43-40-37-33-24-21-18-15-12-9-6-3/h16,19,25,27,58-59,63H,4-15,17-18,20-24,26,28-57H2,1-3H3,(H,67,68)/b19-16-,27-25-. The van der Waals surface area contributed by atoms with Gasteiger partial charge in [0.15, 0.2) is 6.10 Å². The van der Waals surface area contributed by atoms with E-state index in [-0.39, 0.29) is 25.9 Å². The fourth-order valence-corrected chi connectivity index (χ4v) is 9.88. The smallest absolute Gasteiger partial charge is 0.462 e. The highest BCUT2D eigenvalue weighted by molar-refractivity contribution is 7.47. The van der Waals surface area contributed by atoms with Crippen molar-refractivity contribution in [3.8, 4) is 0 Å². The first-order chi connectivity index (χ1) is 36.2. The molecule has 0 bridgehead atoms. The van der Waals surface area contributed by atoms with Gasteiger partial charge in [0, 0.05) is 19.3 Å². The molecule has 3 unspecified atom stereocenters. The van der Waals surface area contributed by atoms with Crippen LogP contribution in [0.3, 0.4) is 0 Å². The van der Waals surface area contributed by atoms with Gasteiger partial charge in [0.25, 0.3) is 0 Å². The SMILES string of the molecule is CCCCC/C=C\C/C=C\CCCCCCCCCCCC(=O)OC(COC(=O)CCCCCCCCCCCCCCCCC)COP(=O)(O)OCC(CO)OC(=O)CCCCCCCCCCCCCCC. The summed E-state index contributed by atoms with van der Waals surface area (Å²) in [5, 5.41) is 9.82. The zero-order valence-electron chi connectivity index (χ0n) is 48.3. The minimum atomic E-state index is -4.74. The number of allylic oxidation sites excluding steroid dienone is 4. The second kappa shape index (κ2) is 57.1. The van der Waals surface area contributed by atoms with Gasteiger partial charge in [0.1, 0.15) is 12.7 Å². The normalized spacial score (nSPS) is 13.4. The number of aliphatic hydroxyl groups excluding tert-OH is 1. The maximum absolute atomic E-state index is 12.9. The summed E-state index contributed by atoms with van der Waals surface area (Å²) in [4.78, 5) is 48.6. The van der Waals surface area contributed by atoms with Gasteiger partial charge in [-0.3, -0.25) is 23.4 Å². The lowest BCUT2D eigenvalue weighted by atomic mass is 10.0. The Balaban J connectivity index is 4.67. The first kappa shape index (κ1) is 72.0. The minimum Gasteiger partial charge on any atom is -0.462 e. The molecule has 0 aromatic rings. The highest BCUT2D eigenvalue weighted by atomic mass is 31.2. The van der Waals surface area contributed by atoms with Crippen LogP contribution in [0.4, 0.5) is 0 Å². The number of rotatable bonds is 59. The molecule has 74 heavy (non-hydrogen) atoms. The highest BCUT2D eigenvalue weighted by Gasteiger charge is 2.28. The van der Waals surface area contributed by atoms with Crippen LogP contribution < -0.4 is 0 Å². The van der Waals surface area contributed by atoms with Crippen molar-refractivity contribution in [2.24, 2.45) is 0 Å². The van der Waals surface area contributed by atoms with Crippen LogP contribution in [0.2, 0.25) is 0 Å². The van der Waals surface area contributed by atoms with E-state index in [1.807, 2.05) is 0 Å². The van der Waals surface area contributed by atoms with Gasteiger partial charge in [0.2, 0.25) is 0 Å². The molecule has 2 N–H and O–H groups in total. The molecule has 0 rings (SSSR count). The Hall–Kier alpha value is -2.04. The number of carbonyl (C=O) groups excluding carboxylic acids is 3. The Kier molecular flexibility index (Phi) is 55.6.